The van der Waals surface area contributed by atoms with E-state index in [-0.39, 0.29) is 11.9 Å². The zero-order valence-electron chi connectivity index (χ0n) is 11.6. The molecular formula is C14H25N3O2. The molecule has 0 aliphatic carbocycles. The van der Waals surface area contributed by atoms with E-state index in [1.165, 1.54) is 32.4 Å². The van der Waals surface area contributed by atoms with Gasteiger partial charge in [-0.05, 0) is 38.8 Å². The Morgan fingerprint density at radius 3 is 2.74 bits per heavy atom. The maximum atomic E-state index is 12.5. The fourth-order valence-corrected chi connectivity index (χ4v) is 3.50. The lowest BCUT2D eigenvalue weighted by Gasteiger charge is -2.39. The summed E-state index contributed by atoms with van der Waals surface area (Å²) in [6, 6.07) is 0.468. The number of carbonyl (C=O) groups excluding carboxylic acids is 1. The number of piperidine rings is 1. The van der Waals surface area contributed by atoms with E-state index in [1.807, 2.05) is 0 Å². The van der Waals surface area contributed by atoms with Gasteiger partial charge in [-0.25, -0.2) is 0 Å². The Morgan fingerprint density at radius 2 is 2.00 bits per heavy atom. The normalized spacial score (nSPS) is 33.6. The lowest BCUT2D eigenvalue weighted by Crippen LogP contribution is -2.56. The zero-order valence-corrected chi connectivity index (χ0v) is 11.6. The Hall–Kier alpha value is -0.650. The summed E-state index contributed by atoms with van der Waals surface area (Å²) in [6.07, 6.45) is 5.03. The van der Waals surface area contributed by atoms with E-state index in [9.17, 15) is 4.79 Å². The van der Waals surface area contributed by atoms with Crippen LogP contribution in [-0.4, -0.2) is 73.7 Å². The Balaban J connectivity index is 1.56. The molecular weight excluding hydrogens is 242 g/mol. The van der Waals surface area contributed by atoms with E-state index in [1.54, 1.807) is 0 Å². The van der Waals surface area contributed by atoms with Crippen LogP contribution >= 0.6 is 0 Å². The van der Waals surface area contributed by atoms with Gasteiger partial charge in [0.1, 0.15) is 6.04 Å². The average Bonchev–Trinajstić information content (AvgIpc) is 3.02. The van der Waals surface area contributed by atoms with Crippen molar-refractivity contribution in [2.75, 3.05) is 45.9 Å². The van der Waals surface area contributed by atoms with E-state index in [4.69, 9.17) is 4.74 Å². The number of hydrogen-bond acceptors (Lipinski definition) is 4. The van der Waals surface area contributed by atoms with E-state index >= 15 is 0 Å². The van der Waals surface area contributed by atoms with E-state index < -0.39 is 0 Å². The first kappa shape index (κ1) is 13.3. The molecule has 3 rings (SSSR count). The standard InChI is InChI=1S/C14H25N3O2/c18-14(13-11-19-9-5-15-13)17-8-3-4-12(10-17)16-6-1-2-7-16/h12-13,15H,1-11H2. The van der Waals surface area contributed by atoms with Gasteiger partial charge in [0.2, 0.25) is 5.91 Å². The van der Waals surface area contributed by atoms with Crippen molar-refractivity contribution in [1.82, 2.24) is 15.1 Å². The molecule has 108 valence electrons. The van der Waals surface area contributed by atoms with Gasteiger partial charge in [-0.3, -0.25) is 9.69 Å². The Labute approximate surface area is 115 Å². The Kier molecular flexibility index (Phi) is 4.35. The van der Waals surface area contributed by atoms with Crippen molar-refractivity contribution < 1.29 is 9.53 Å². The molecule has 1 N–H and O–H groups in total. The highest BCUT2D eigenvalue weighted by Crippen LogP contribution is 2.21. The number of amides is 1. The van der Waals surface area contributed by atoms with E-state index in [0.717, 1.165) is 32.7 Å². The number of hydrogen-bond donors (Lipinski definition) is 1. The van der Waals surface area contributed by atoms with Crippen LogP contribution in [-0.2, 0) is 9.53 Å². The third-order valence-electron chi connectivity index (χ3n) is 4.58. The first-order valence-corrected chi connectivity index (χ1v) is 7.68. The summed E-state index contributed by atoms with van der Waals surface area (Å²) in [7, 11) is 0. The zero-order chi connectivity index (χ0) is 13.1. The van der Waals surface area contributed by atoms with Crippen LogP contribution < -0.4 is 5.32 Å². The summed E-state index contributed by atoms with van der Waals surface area (Å²) < 4.78 is 5.40. The van der Waals surface area contributed by atoms with Crippen LogP contribution in [0.25, 0.3) is 0 Å². The number of nitrogens with zero attached hydrogens (tertiary/aromatic N) is 2. The maximum absolute atomic E-state index is 12.5. The summed E-state index contributed by atoms with van der Waals surface area (Å²) >= 11 is 0. The smallest absolute Gasteiger partial charge is 0.242 e. The molecule has 2 atom stereocenters. The van der Waals surface area contributed by atoms with Crippen molar-refractivity contribution in [2.45, 2.75) is 37.8 Å². The van der Waals surface area contributed by atoms with Crippen LogP contribution in [0.4, 0.5) is 0 Å². The third kappa shape index (κ3) is 3.09. The fraction of sp³-hybridized carbons (Fsp3) is 0.929. The number of nitrogens with one attached hydrogen (secondary N) is 1. The molecule has 2 unspecified atom stereocenters. The lowest BCUT2D eigenvalue weighted by molar-refractivity contribution is -0.138. The topological polar surface area (TPSA) is 44.8 Å². The molecule has 0 aromatic heterocycles. The maximum Gasteiger partial charge on any atom is 0.242 e. The lowest BCUT2D eigenvalue weighted by atomic mass is 10.0. The quantitative estimate of drug-likeness (QED) is 0.768. The van der Waals surface area contributed by atoms with Gasteiger partial charge in [0.25, 0.3) is 0 Å². The van der Waals surface area contributed by atoms with Crippen LogP contribution in [0.3, 0.4) is 0 Å². The minimum absolute atomic E-state index is 0.119. The summed E-state index contributed by atoms with van der Waals surface area (Å²) in [6.45, 7) is 6.32. The van der Waals surface area contributed by atoms with Crippen molar-refractivity contribution >= 4 is 5.91 Å². The van der Waals surface area contributed by atoms with Crippen molar-refractivity contribution in [3.8, 4) is 0 Å². The van der Waals surface area contributed by atoms with Gasteiger partial charge in [0.05, 0.1) is 13.2 Å². The second kappa shape index (κ2) is 6.20. The number of carbonyl (C=O) groups is 1. The molecule has 5 nitrogen and oxygen atoms in total. The second-order valence-electron chi connectivity index (χ2n) is 5.91. The van der Waals surface area contributed by atoms with Crippen molar-refractivity contribution in [3.63, 3.8) is 0 Å². The van der Waals surface area contributed by atoms with Gasteiger partial charge < -0.3 is 15.0 Å². The van der Waals surface area contributed by atoms with Gasteiger partial charge in [0, 0.05) is 25.7 Å². The molecule has 0 bridgehead atoms. The van der Waals surface area contributed by atoms with Gasteiger partial charge in [-0.1, -0.05) is 0 Å². The molecule has 1 amide bonds. The minimum Gasteiger partial charge on any atom is -0.378 e. The molecule has 19 heavy (non-hydrogen) atoms. The van der Waals surface area contributed by atoms with E-state index in [0.29, 0.717) is 12.6 Å². The number of likely N-dealkylation sites (tertiary alicyclic amines) is 2. The van der Waals surface area contributed by atoms with Crippen molar-refractivity contribution in [3.05, 3.63) is 0 Å². The van der Waals surface area contributed by atoms with Crippen molar-refractivity contribution in [2.24, 2.45) is 0 Å². The summed E-state index contributed by atoms with van der Waals surface area (Å²) in [4.78, 5) is 17.1. The summed E-state index contributed by atoms with van der Waals surface area (Å²) in [5.74, 6) is 0.239. The van der Waals surface area contributed by atoms with Gasteiger partial charge >= 0.3 is 0 Å². The van der Waals surface area contributed by atoms with E-state index in [2.05, 4.69) is 15.1 Å². The Morgan fingerprint density at radius 1 is 1.16 bits per heavy atom. The first-order valence-electron chi connectivity index (χ1n) is 7.68. The van der Waals surface area contributed by atoms with Crippen LogP contribution in [0.15, 0.2) is 0 Å². The highest BCUT2D eigenvalue weighted by Gasteiger charge is 2.32. The molecule has 0 aromatic rings. The molecule has 3 aliphatic rings. The molecule has 3 heterocycles. The molecule has 0 aromatic carbocycles. The van der Waals surface area contributed by atoms with Crippen LogP contribution in [0.5, 0.6) is 0 Å². The molecule has 3 saturated heterocycles. The first-order chi connectivity index (χ1) is 9.34. The monoisotopic (exact) mass is 267 g/mol. The Bertz CT molecular complexity index is 312. The van der Waals surface area contributed by atoms with Crippen LogP contribution in [0.2, 0.25) is 0 Å². The highest BCUT2D eigenvalue weighted by atomic mass is 16.5. The van der Waals surface area contributed by atoms with Gasteiger partial charge in [-0.2, -0.15) is 0 Å². The third-order valence-corrected chi connectivity index (χ3v) is 4.58. The van der Waals surface area contributed by atoms with Crippen LogP contribution in [0, 0.1) is 0 Å². The molecule has 0 spiro atoms. The van der Waals surface area contributed by atoms with Crippen molar-refractivity contribution in [1.29, 1.82) is 0 Å². The summed E-state index contributed by atoms with van der Waals surface area (Å²) in [5.41, 5.74) is 0. The molecule has 3 fully saturated rings. The highest BCUT2D eigenvalue weighted by molar-refractivity contribution is 5.82. The average molecular weight is 267 g/mol. The second-order valence-corrected chi connectivity index (χ2v) is 5.91. The SMILES string of the molecule is O=C(C1COCCN1)N1CCCC(N2CCCC2)C1. The largest absolute Gasteiger partial charge is 0.378 e. The molecule has 0 saturated carbocycles. The predicted octanol–water partition coefficient (Wildman–Crippen LogP) is 0.0616. The number of ether oxygens (including phenoxy) is 1. The summed E-state index contributed by atoms with van der Waals surface area (Å²) in [5, 5.41) is 3.27. The minimum atomic E-state index is -0.119. The molecule has 3 aliphatic heterocycles. The van der Waals surface area contributed by atoms with Gasteiger partial charge in [0.15, 0.2) is 0 Å². The number of morpholine rings is 1. The molecule has 0 radical (unpaired) electrons. The predicted molar refractivity (Wildman–Crippen MR) is 73.0 cm³/mol. The number of rotatable bonds is 2. The van der Waals surface area contributed by atoms with Crippen LogP contribution in [0.1, 0.15) is 25.7 Å². The fourth-order valence-electron chi connectivity index (χ4n) is 3.50. The van der Waals surface area contributed by atoms with Gasteiger partial charge in [-0.15, -0.1) is 0 Å². The molecule has 5 heteroatoms.